The van der Waals surface area contributed by atoms with Gasteiger partial charge in [0, 0.05) is 37.0 Å². The predicted octanol–water partition coefficient (Wildman–Crippen LogP) is 4.53. The summed E-state index contributed by atoms with van der Waals surface area (Å²) < 4.78 is 30.7. The van der Waals surface area contributed by atoms with Crippen molar-refractivity contribution in [2.45, 2.75) is 62.8 Å². The van der Waals surface area contributed by atoms with Gasteiger partial charge in [0.1, 0.15) is 5.82 Å². The fourth-order valence-electron chi connectivity index (χ4n) is 5.81. The van der Waals surface area contributed by atoms with E-state index < -0.39 is 10.0 Å². The van der Waals surface area contributed by atoms with Gasteiger partial charge in [-0.05, 0) is 56.5 Å². The highest BCUT2D eigenvalue weighted by molar-refractivity contribution is 7.89. The molecule has 0 spiro atoms. The SMILES string of the molecule is Cc1cccc(S(=O)(=O)N2CCN(c3nc4ccccc4c4nnc(C5CCCCC5)n34)C[C@@H]2C)c1. The van der Waals surface area contributed by atoms with E-state index in [9.17, 15) is 8.42 Å². The number of piperazine rings is 1. The Kier molecular flexibility index (Phi) is 5.92. The van der Waals surface area contributed by atoms with E-state index in [4.69, 9.17) is 4.98 Å². The van der Waals surface area contributed by atoms with Crippen molar-refractivity contribution in [3.05, 3.63) is 59.9 Å². The number of sulfonamides is 1. The number of aromatic nitrogens is 4. The van der Waals surface area contributed by atoms with Crippen LogP contribution in [-0.4, -0.2) is 58.0 Å². The molecule has 1 aliphatic carbocycles. The van der Waals surface area contributed by atoms with Crippen LogP contribution in [0.1, 0.15) is 56.3 Å². The molecule has 2 fully saturated rings. The van der Waals surface area contributed by atoms with Gasteiger partial charge in [0.2, 0.25) is 16.0 Å². The monoisotopic (exact) mass is 504 g/mol. The number of benzene rings is 2. The summed E-state index contributed by atoms with van der Waals surface area (Å²) in [6, 6.07) is 15.0. The average molecular weight is 505 g/mol. The third kappa shape index (κ3) is 3.94. The standard InChI is InChI=1S/C27H32N6O2S/c1-19-9-8-12-22(17-19)36(34,35)32-16-15-31(18-20(32)2)27-28-24-14-7-6-13-23(24)26-30-29-25(33(26)27)21-10-4-3-5-11-21/h6-9,12-14,17,20-21H,3-5,10-11,15-16,18H2,1-2H3/t20-/m0/s1. The van der Waals surface area contributed by atoms with Crippen molar-refractivity contribution < 1.29 is 8.42 Å². The Bertz CT molecular complexity index is 1530. The van der Waals surface area contributed by atoms with E-state index in [1.165, 1.54) is 19.3 Å². The van der Waals surface area contributed by atoms with Crippen LogP contribution in [0.4, 0.5) is 5.95 Å². The number of nitrogens with zero attached hydrogens (tertiary/aromatic N) is 6. The molecule has 1 saturated carbocycles. The maximum Gasteiger partial charge on any atom is 0.243 e. The van der Waals surface area contributed by atoms with E-state index in [0.29, 0.717) is 30.4 Å². The molecule has 0 bridgehead atoms. The molecule has 2 aliphatic rings. The summed E-state index contributed by atoms with van der Waals surface area (Å²) in [4.78, 5) is 7.65. The average Bonchev–Trinajstić information content (AvgIpc) is 3.34. The second-order valence-corrected chi connectivity index (χ2v) is 12.1. The van der Waals surface area contributed by atoms with Gasteiger partial charge in [-0.3, -0.25) is 0 Å². The zero-order valence-electron chi connectivity index (χ0n) is 20.8. The molecule has 1 aliphatic heterocycles. The van der Waals surface area contributed by atoms with Crippen LogP contribution in [0.2, 0.25) is 0 Å². The first-order chi connectivity index (χ1) is 17.4. The van der Waals surface area contributed by atoms with Gasteiger partial charge in [0.15, 0.2) is 5.65 Å². The molecular formula is C27H32N6O2S. The van der Waals surface area contributed by atoms with Crippen molar-refractivity contribution in [2.24, 2.45) is 0 Å². The summed E-state index contributed by atoms with van der Waals surface area (Å²) in [5.41, 5.74) is 2.65. The molecule has 36 heavy (non-hydrogen) atoms. The summed E-state index contributed by atoms with van der Waals surface area (Å²) >= 11 is 0. The van der Waals surface area contributed by atoms with Crippen LogP contribution in [-0.2, 0) is 10.0 Å². The van der Waals surface area contributed by atoms with Crippen molar-refractivity contribution in [2.75, 3.05) is 24.5 Å². The Morgan fingerprint density at radius 2 is 1.75 bits per heavy atom. The molecule has 188 valence electrons. The quantitative estimate of drug-likeness (QED) is 0.406. The van der Waals surface area contributed by atoms with Gasteiger partial charge in [-0.15, -0.1) is 10.2 Å². The van der Waals surface area contributed by atoms with Gasteiger partial charge >= 0.3 is 0 Å². The minimum Gasteiger partial charge on any atom is -0.339 e. The summed E-state index contributed by atoms with van der Waals surface area (Å²) in [7, 11) is -3.58. The van der Waals surface area contributed by atoms with Gasteiger partial charge in [0.05, 0.1) is 10.4 Å². The lowest BCUT2D eigenvalue weighted by molar-refractivity contribution is 0.304. The normalized spacial score (nSPS) is 20.4. The van der Waals surface area contributed by atoms with Crippen molar-refractivity contribution in [3.63, 3.8) is 0 Å². The van der Waals surface area contributed by atoms with E-state index in [0.717, 1.165) is 46.7 Å². The van der Waals surface area contributed by atoms with Crippen LogP contribution in [0, 0.1) is 6.92 Å². The van der Waals surface area contributed by atoms with Crippen LogP contribution >= 0.6 is 0 Å². The van der Waals surface area contributed by atoms with Crippen molar-refractivity contribution in [1.82, 2.24) is 23.9 Å². The molecule has 0 unspecified atom stereocenters. The van der Waals surface area contributed by atoms with E-state index in [1.54, 1.807) is 22.5 Å². The number of rotatable bonds is 4. The Labute approximate surface area is 212 Å². The van der Waals surface area contributed by atoms with E-state index in [1.807, 2.05) is 38.1 Å². The van der Waals surface area contributed by atoms with E-state index in [2.05, 4.69) is 25.6 Å². The molecule has 9 heteroatoms. The first-order valence-corrected chi connectivity index (χ1v) is 14.3. The Hall–Kier alpha value is -3.04. The van der Waals surface area contributed by atoms with Crippen LogP contribution in [0.3, 0.4) is 0 Å². The zero-order valence-corrected chi connectivity index (χ0v) is 21.7. The zero-order chi connectivity index (χ0) is 24.9. The number of fused-ring (bicyclic) bond motifs is 3. The molecule has 0 amide bonds. The predicted molar refractivity (Wildman–Crippen MR) is 141 cm³/mol. The number of para-hydroxylation sites is 1. The summed E-state index contributed by atoms with van der Waals surface area (Å²) in [6.07, 6.45) is 5.93. The summed E-state index contributed by atoms with van der Waals surface area (Å²) in [6.45, 7) is 5.40. The smallest absolute Gasteiger partial charge is 0.243 e. The third-order valence-corrected chi connectivity index (χ3v) is 9.68. The van der Waals surface area contributed by atoms with Crippen LogP contribution in [0.15, 0.2) is 53.4 Å². The maximum absolute atomic E-state index is 13.5. The van der Waals surface area contributed by atoms with E-state index >= 15 is 0 Å². The number of hydrogen-bond donors (Lipinski definition) is 0. The van der Waals surface area contributed by atoms with E-state index in [-0.39, 0.29) is 6.04 Å². The van der Waals surface area contributed by atoms with Crippen molar-refractivity contribution in [3.8, 4) is 0 Å². The molecule has 0 N–H and O–H groups in total. The van der Waals surface area contributed by atoms with Gasteiger partial charge < -0.3 is 4.90 Å². The largest absolute Gasteiger partial charge is 0.339 e. The lowest BCUT2D eigenvalue weighted by Gasteiger charge is -2.39. The molecule has 3 heterocycles. The van der Waals surface area contributed by atoms with Crippen molar-refractivity contribution in [1.29, 1.82) is 0 Å². The van der Waals surface area contributed by atoms with Gasteiger partial charge in [-0.1, -0.05) is 43.5 Å². The second-order valence-electron chi connectivity index (χ2n) is 10.2. The molecular weight excluding hydrogens is 472 g/mol. The molecule has 8 nitrogen and oxygen atoms in total. The lowest BCUT2D eigenvalue weighted by Crippen LogP contribution is -2.54. The van der Waals surface area contributed by atoms with Crippen LogP contribution in [0.5, 0.6) is 0 Å². The first kappa shape index (κ1) is 23.4. The minimum absolute atomic E-state index is 0.206. The summed E-state index contributed by atoms with van der Waals surface area (Å²) in [5, 5.41) is 10.3. The molecule has 0 radical (unpaired) electrons. The van der Waals surface area contributed by atoms with Crippen LogP contribution in [0.25, 0.3) is 16.6 Å². The molecule has 4 aromatic rings. The van der Waals surface area contributed by atoms with Crippen molar-refractivity contribution >= 4 is 32.5 Å². The molecule has 2 aromatic carbocycles. The number of anilines is 1. The minimum atomic E-state index is -3.58. The molecule has 6 rings (SSSR count). The third-order valence-electron chi connectivity index (χ3n) is 7.67. The van der Waals surface area contributed by atoms with Gasteiger partial charge in [0.25, 0.3) is 0 Å². The highest BCUT2D eigenvalue weighted by atomic mass is 32.2. The maximum atomic E-state index is 13.5. The van der Waals surface area contributed by atoms with Crippen LogP contribution < -0.4 is 4.90 Å². The Morgan fingerprint density at radius 3 is 2.53 bits per heavy atom. The Morgan fingerprint density at radius 1 is 0.944 bits per heavy atom. The summed E-state index contributed by atoms with van der Waals surface area (Å²) in [5.74, 6) is 2.17. The first-order valence-electron chi connectivity index (χ1n) is 12.9. The fourth-order valence-corrected chi connectivity index (χ4v) is 7.53. The lowest BCUT2D eigenvalue weighted by atomic mass is 9.89. The molecule has 1 atom stereocenters. The van der Waals surface area contributed by atoms with Gasteiger partial charge in [-0.25, -0.2) is 17.8 Å². The number of hydrogen-bond acceptors (Lipinski definition) is 6. The molecule has 1 saturated heterocycles. The van der Waals surface area contributed by atoms with Gasteiger partial charge in [-0.2, -0.15) is 4.31 Å². The Balaban J connectivity index is 1.39. The molecule has 2 aromatic heterocycles. The highest BCUT2D eigenvalue weighted by Crippen LogP contribution is 2.35. The fraction of sp³-hybridized carbons (Fsp3) is 0.444. The second kappa shape index (κ2) is 9.12. The number of aryl methyl sites for hydroxylation is 1. The topological polar surface area (TPSA) is 83.7 Å². The highest BCUT2D eigenvalue weighted by Gasteiger charge is 2.35.